The number of nitrogens with one attached hydrogen (secondary N) is 2. The van der Waals surface area contributed by atoms with Gasteiger partial charge in [0.25, 0.3) is 0 Å². The molecule has 0 aliphatic carbocycles. The molecule has 1 amide bonds. The first-order chi connectivity index (χ1) is 15.7. The van der Waals surface area contributed by atoms with Crippen LogP contribution in [0, 0.1) is 5.92 Å². The van der Waals surface area contributed by atoms with Gasteiger partial charge in [-0.3, -0.25) is 14.2 Å². The number of aromatic nitrogens is 3. The average Bonchev–Trinajstić information content (AvgIpc) is 3.40. The average molecular weight is 434 g/mol. The number of hydrogen-bond donors (Lipinski definition) is 2. The molecule has 2 N–H and O–H groups in total. The van der Waals surface area contributed by atoms with Gasteiger partial charge < -0.3 is 15.5 Å². The Balaban J connectivity index is 1.26. The number of fused-ring (bicyclic) bond motifs is 1. The van der Waals surface area contributed by atoms with E-state index in [1.807, 2.05) is 58.8 Å². The van der Waals surface area contributed by atoms with E-state index in [0.717, 1.165) is 49.9 Å². The fraction of sp³-hybridized carbons (Fsp3) is 0.417. The third kappa shape index (κ3) is 5.63. The number of benzene rings is 1. The molecule has 0 spiro atoms. The fourth-order valence-corrected chi connectivity index (χ4v) is 4.02. The standard InChI is InChI=1S/C24H31N7O/c1-2-25-24(26-13-11-22-29-28-21-10-6-7-14-31(21)22)27-17-20-16-23(32)30(18-20)15-12-19-8-4-3-5-9-19/h3-10,14,20H,2,11-13,15-18H2,1H3,(H2,25,26,27). The van der Waals surface area contributed by atoms with Crippen molar-refractivity contribution in [3.63, 3.8) is 0 Å². The van der Waals surface area contributed by atoms with Crippen molar-refractivity contribution in [2.75, 3.05) is 32.7 Å². The third-order valence-electron chi connectivity index (χ3n) is 5.69. The van der Waals surface area contributed by atoms with Gasteiger partial charge in [0, 0.05) is 57.7 Å². The number of nitrogens with zero attached hydrogens (tertiary/aromatic N) is 5. The highest BCUT2D eigenvalue weighted by molar-refractivity contribution is 5.80. The summed E-state index contributed by atoms with van der Waals surface area (Å²) < 4.78 is 2.00. The Kier molecular flexibility index (Phi) is 7.32. The molecule has 168 valence electrons. The van der Waals surface area contributed by atoms with Crippen LogP contribution in [0.25, 0.3) is 5.65 Å². The van der Waals surface area contributed by atoms with Gasteiger partial charge in [-0.25, -0.2) is 0 Å². The van der Waals surface area contributed by atoms with Crippen LogP contribution in [0.2, 0.25) is 0 Å². The van der Waals surface area contributed by atoms with Crippen molar-refractivity contribution >= 4 is 17.5 Å². The van der Waals surface area contributed by atoms with Gasteiger partial charge >= 0.3 is 0 Å². The molecule has 0 radical (unpaired) electrons. The Labute approximate surface area is 188 Å². The summed E-state index contributed by atoms with van der Waals surface area (Å²) in [6.07, 6.45) is 4.18. The number of carbonyl (C=O) groups is 1. The number of aliphatic imine (C=N–C) groups is 1. The van der Waals surface area contributed by atoms with Crippen LogP contribution >= 0.6 is 0 Å². The van der Waals surface area contributed by atoms with Gasteiger partial charge in [0.05, 0.1) is 0 Å². The van der Waals surface area contributed by atoms with E-state index in [9.17, 15) is 4.79 Å². The largest absolute Gasteiger partial charge is 0.357 e. The second-order valence-electron chi connectivity index (χ2n) is 8.09. The quantitative estimate of drug-likeness (QED) is 0.398. The van der Waals surface area contributed by atoms with E-state index in [-0.39, 0.29) is 11.8 Å². The number of rotatable bonds is 9. The van der Waals surface area contributed by atoms with Crippen LogP contribution in [-0.4, -0.2) is 64.1 Å². The van der Waals surface area contributed by atoms with Crippen molar-refractivity contribution in [2.24, 2.45) is 10.9 Å². The third-order valence-corrected chi connectivity index (χ3v) is 5.69. The van der Waals surface area contributed by atoms with Crippen LogP contribution in [0.3, 0.4) is 0 Å². The van der Waals surface area contributed by atoms with Crippen LogP contribution < -0.4 is 10.6 Å². The van der Waals surface area contributed by atoms with Crippen molar-refractivity contribution in [1.82, 2.24) is 30.1 Å². The lowest BCUT2D eigenvalue weighted by atomic mass is 10.1. The lowest BCUT2D eigenvalue weighted by Crippen LogP contribution is -2.39. The lowest BCUT2D eigenvalue weighted by Gasteiger charge is -2.16. The molecule has 8 heteroatoms. The molecule has 1 fully saturated rings. The van der Waals surface area contributed by atoms with Gasteiger partial charge in [-0.15, -0.1) is 10.2 Å². The molecule has 0 bridgehead atoms. The van der Waals surface area contributed by atoms with Crippen molar-refractivity contribution in [3.05, 3.63) is 66.1 Å². The van der Waals surface area contributed by atoms with E-state index in [0.29, 0.717) is 19.5 Å². The molecule has 1 unspecified atom stereocenters. The monoisotopic (exact) mass is 433 g/mol. The summed E-state index contributed by atoms with van der Waals surface area (Å²) >= 11 is 0. The second kappa shape index (κ2) is 10.7. The fourth-order valence-electron chi connectivity index (χ4n) is 4.02. The molecular formula is C24H31N7O. The number of likely N-dealkylation sites (tertiary alicyclic amines) is 1. The summed E-state index contributed by atoms with van der Waals surface area (Å²) in [5.41, 5.74) is 2.12. The minimum absolute atomic E-state index is 0.234. The maximum atomic E-state index is 12.4. The number of hydrogen-bond acceptors (Lipinski definition) is 4. The van der Waals surface area contributed by atoms with E-state index in [1.165, 1.54) is 5.56 Å². The lowest BCUT2D eigenvalue weighted by molar-refractivity contribution is -0.127. The first-order valence-electron chi connectivity index (χ1n) is 11.4. The molecule has 1 saturated heterocycles. The predicted octanol–water partition coefficient (Wildman–Crippen LogP) is 1.92. The normalized spacial score (nSPS) is 16.7. The zero-order chi connectivity index (χ0) is 22.2. The van der Waals surface area contributed by atoms with Gasteiger partial charge in [-0.2, -0.15) is 0 Å². The number of guanidine groups is 1. The summed E-state index contributed by atoms with van der Waals surface area (Å²) in [6.45, 7) is 5.72. The van der Waals surface area contributed by atoms with Crippen LogP contribution in [-0.2, 0) is 17.6 Å². The summed E-state index contributed by atoms with van der Waals surface area (Å²) in [7, 11) is 0. The predicted molar refractivity (Wildman–Crippen MR) is 126 cm³/mol. The summed E-state index contributed by atoms with van der Waals surface area (Å²) in [5, 5.41) is 15.1. The van der Waals surface area contributed by atoms with E-state index < -0.39 is 0 Å². The molecule has 4 rings (SSSR count). The maximum Gasteiger partial charge on any atom is 0.223 e. The smallest absolute Gasteiger partial charge is 0.223 e. The van der Waals surface area contributed by atoms with Crippen LogP contribution in [0.5, 0.6) is 0 Å². The zero-order valence-corrected chi connectivity index (χ0v) is 18.6. The minimum atomic E-state index is 0.234. The van der Waals surface area contributed by atoms with Crippen molar-refractivity contribution in [1.29, 1.82) is 0 Å². The highest BCUT2D eigenvalue weighted by Gasteiger charge is 2.29. The van der Waals surface area contributed by atoms with Crippen molar-refractivity contribution < 1.29 is 4.79 Å². The summed E-state index contributed by atoms with van der Waals surface area (Å²) in [5.74, 6) is 2.18. The molecule has 2 aromatic heterocycles. The highest BCUT2D eigenvalue weighted by atomic mass is 16.2. The maximum absolute atomic E-state index is 12.4. The summed E-state index contributed by atoms with van der Waals surface area (Å²) in [4.78, 5) is 19.1. The number of amides is 1. The number of carbonyl (C=O) groups excluding carboxylic acids is 1. The topological polar surface area (TPSA) is 86.9 Å². The molecule has 1 aliphatic rings. The van der Waals surface area contributed by atoms with Crippen molar-refractivity contribution in [3.8, 4) is 0 Å². The molecular weight excluding hydrogens is 402 g/mol. The minimum Gasteiger partial charge on any atom is -0.357 e. The van der Waals surface area contributed by atoms with E-state index in [2.05, 4.69) is 33.0 Å². The Hall–Kier alpha value is -3.42. The molecule has 0 saturated carbocycles. The van der Waals surface area contributed by atoms with Gasteiger partial charge in [-0.1, -0.05) is 36.4 Å². The SMILES string of the molecule is CCNC(=NCC1CC(=O)N(CCc2ccccc2)C1)NCCc1nnc2ccccn12. The molecule has 3 heterocycles. The Bertz CT molecular complexity index is 1050. The molecule has 1 atom stereocenters. The molecule has 1 aliphatic heterocycles. The van der Waals surface area contributed by atoms with E-state index in [4.69, 9.17) is 4.99 Å². The van der Waals surface area contributed by atoms with Gasteiger partial charge in [-0.05, 0) is 31.0 Å². The molecule has 3 aromatic rings. The molecule has 1 aromatic carbocycles. The Morgan fingerprint density at radius 1 is 1.09 bits per heavy atom. The van der Waals surface area contributed by atoms with E-state index >= 15 is 0 Å². The van der Waals surface area contributed by atoms with Crippen LogP contribution in [0.4, 0.5) is 0 Å². The van der Waals surface area contributed by atoms with Crippen LogP contribution in [0.15, 0.2) is 59.7 Å². The zero-order valence-electron chi connectivity index (χ0n) is 18.6. The summed E-state index contributed by atoms with van der Waals surface area (Å²) in [6, 6.07) is 16.2. The first-order valence-corrected chi connectivity index (χ1v) is 11.4. The van der Waals surface area contributed by atoms with E-state index in [1.54, 1.807) is 0 Å². The van der Waals surface area contributed by atoms with Crippen LogP contribution in [0.1, 0.15) is 24.7 Å². The Morgan fingerprint density at radius 3 is 2.78 bits per heavy atom. The highest BCUT2D eigenvalue weighted by Crippen LogP contribution is 2.18. The van der Waals surface area contributed by atoms with Gasteiger partial charge in [0.1, 0.15) is 5.82 Å². The first kappa shape index (κ1) is 21.8. The number of pyridine rings is 1. The molecule has 32 heavy (non-hydrogen) atoms. The molecule has 8 nitrogen and oxygen atoms in total. The second-order valence-corrected chi connectivity index (χ2v) is 8.09. The van der Waals surface area contributed by atoms with Crippen molar-refractivity contribution in [2.45, 2.75) is 26.2 Å². The Morgan fingerprint density at radius 2 is 1.94 bits per heavy atom. The van der Waals surface area contributed by atoms with Gasteiger partial charge in [0.15, 0.2) is 11.6 Å². The van der Waals surface area contributed by atoms with Gasteiger partial charge in [0.2, 0.25) is 5.91 Å².